The molecular weight excluding hydrogens is 272 g/mol. The van der Waals surface area contributed by atoms with E-state index in [0.717, 1.165) is 22.7 Å². The van der Waals surface area contributed by atoms with Crippen molar-refractivity contribution in [2.75, 3.05) is 0 Å². The largest absolute Gasteiger partial charge is 0.324 e. The molecule has 5 heteroatoms. The second-order valence-electron chi connectivity index (χ2n) is 4.85. The standard InChI is InChI=1S/C16H13F2N3/c17-12-3-1-10(13(18)9-12)7-14(19)11-2-4-15-16(8-11)21-6-5-20-15/h1-6,8-9,14H,7,19H2. The van der Waals surface area contributed by atoms with E-state index in [4.69, 9.17) is 5.73 Å². The topological polar surface area (TPSA) is 51.8 Å². The Hall–Kier alpha value is -2.40. The van der Waals surface area contributed by atoms with E-state index < -0.39 is 17.7 Å². The minimum absolute atomic E-state index is 0.290. The Morgan fingerprint density at radius 3 is 2.48 bits per heavy atom. The molecule has 0 aliphatic carbocycles. The first-order valence-corrected chi connectivity index (χ1v) is 6.53. The minimum atomic E-state index is -0.592. The third-order valence-corrected chi connectivity index (χ3v) is 3.38. The fourth-order valence-electron chi connectivity index (χ4n) is 2.25. The van der Waals surface area contributed by atoms with Gasteiger partial charge >= 0.3 is 0 Å². The highest BCUT2D eigenvalue weighted by atomic mass is 19.1. The van der Waals surface area contributed by atoms with Crippen molar-refractivity contribution in [2.24, 2.45) is 5.73 Å². The van der Waals surface area contributed by atoms with Gasteiger partial charge in [-0.05, 0) is 35.7 Å². The van der Waals surface area contributed by atoms with Crippen molar-refractivity contribution in [3.63, 3.8) is 0 Å². The van der Waals surface area contributed by atoms with Crippen LogP contribution in [0.5, 0.6) is 0 Å². The molecule has 1 heterocycles. The quantitative estimate of drug-likeness (QED) is 0.804. The van der Waals surface area contributed by atoms with Gasteiger partial charge in [0.25, 0.3) is 0 Å². The lowest BCUT2D eigenvalue weighted by Crippen LogP contribution is -2.14. The van der Waals surface area contributed by atoms with Gasteiger partial charge in [-0.2, -0.15) is 0 Å². The number of hydrogen-bond donors (Lipinski definition) is 1. The van der Waals surface area contributed by atoms with Crippen LogP contribution in [0, 0.1) is 11.6 Å². The van der Waals surface area contributed by atoms with Crippen LogP contribution in [0.4, 0.5) is 8.78 Å². The van der Waals surface area contributed by atoms with Gasteiger partial charge in [0.15, 0.2) is 0 Å². The second-order valence-corrected chi connectivity index (χ2v) is 4.85. The van der Waals surface area contributed by atoms with Crippen molar-refractivity contribution >= 4 is 11.0 Å². The molecule has 106 valence electrons. The number of hydrogen-bond acceptors (Lipinski definition) is 3. The summed E-state index contributed by atoms with van der Waals surface area (Å²) < 4.78 is 26.6. The highest BCUT2D eigenvalue weighted by molar-refractivity contribution is 5.74. The first kappa shape index (κ1) is 13.6. The summed E-state index contributed by atoms with van der Waals surface area (Å²) in [5.41, 5.74) is 8.87. The maximum absolute atomic E-state index is 13.7. The molecule has 1 aromatic heterocycles. The molecule has 0 aliphatic rings. The highest BCUT2D eigenvalue weighted by Gasteiger charge is 2.12. The van der Waals surface area contributed by atoms with Gasteiger partial charge < -0.3 is 5.73 Å². The molecule has 0 fully saturated rings. The fourth-order valence-corrected chi connectivity index (χ4v) is 2.25. The molecule has 0 saturated carbocycles. The molecule has 2 N–H and O–H groups in total. The zero-order chi connectivity index (χ0) is 14.8. The molecule has 0 radical (unpaired) electrons. The molecule has 0 aliphatic heterocycles. The van der Waals surface area contributed by atoms with Crippen LogP contribution in [0.3, 0.4) is 0 Å². The zero-order valence-corrected chi connectivity index (χ0v) is 11.1. The smallest absolute Gasteiger partial charge is 0.129 e. The van der Waals surface area contributed by atoms with Gasteiger partial charge in [0.05, 0.1) is 11.0 Å². The lowest BCUT2D eigenvalue weighted by molar-refractivity contribution is 0.563. The van der Waals surface area contributed by atoms with Crippen molar-refractivity contribution < 1.29 is 8.78 Å². The number of benzene rings is 2. The Morgan fingerprint density at radius 1 is 0.952 bits per heavy atom. The summed E-state index contributed by atoms with van der Waals surface area (Å²) in [6, 6.07) is 8.66. The summed E-state index contributed by atoms with van der Waals surface area (Å²) in [4.78, 5) is 8.40. The van der Waals surface area contributed by atoms with Gasteiger partial charge in [-0.25, -0.2) is 8.78 Å². The van der Waals surface area contributed by atoms with Crippen LogP contribution in [0.1, 0.15) is 17.2 Å². The Balaban J connectivity index is 1.87. The third kappa shape index (κ3) is 2.87. The fraction of sp³-hybridized carbons (Fsp3) is 0.125. The average molecular weight is 285 g/mol. The maximum atomic E-state index is 13.7. The van der Waals surface area contributed by atoms with Crippen molar-refractivity contribution in [3.8, 4) is 0 Å². The maximum Gasteiger partial charge on any atom is 0.129 e. The predicted molar refractivity (Wildman–Crippen MR) is 76.5 cm³/mol. The van der Waals surface area contributed by atoms with Gasteiger partial charge in [-0.1, -0.05) is 12.1 Å². The normalized spacial score (nSPS) is 12.5. The van der Waals surface area contributed by atoms with Crippen molar-refractivity contribution in [3.05, 3.63) is 71.6 Å². The summed E-state index contributed by atoms with van der Waals surface area (Å²) in [6.07, 6.45) is 3.52. The number of nitrogens with zero attached hydrogens (tertiary/aromatic N) is 2. The van der Waals surface area contributed by atoms with Gasteiger partial charge in [0, 0.05) is 24.5 Å². The van der Waals surface area contributed by atoms with Gasteiger partial charge in [0.1, 0.15) is 11.6 Å². The Kier molecular flexibility index (Phi) is 3.58. The van der Waals surface area contributed by atoms with Crippen LogP contribution in [0.25, 0.3) is 11.0 Å². The van der Waals surface area contributed by atoms with Gasteiger partial charge in [0.2, 0.25) is 0 Å². The molecule has 21 heavy (non-hydrogen) atoms. The number of rotatable bonds is 3. The van der Waals surface area contributed by atoms with Crippen molar-refractivity contribution in [2.45, 2.75) is 12.5 Å². The SMILES string of the molecule is NC(Cc1ccc(F)cc1F)c1ccc2nccnc2c1. The summed E-state index contributed by atoms with van der Waals surface area (Å²) in [7, 11) is 0. The molecule has 3 rings (SSSR count). The van der Waals surface area contributed by atoms with Gasteiger partial charge in [-0.15, -0.1) is 0 Å². The van der Waals surface area contributed by atoms with Crippen molar-refractivity contribution in [1.82, 2.24) is 9.97 Å². The van der Waals surface area contributed by atoms with E-state index in [-0.39, 0.29) is 6.42 Å². The molecule has 0 saturated heterocycles. The molecule has 0 bridgehead atoms. The number of fused-ring (bicyclic) bond motifs is 1. The van der Waals surface area contributed by atoms with Crippen LogP contribution in [-0.4, -0.2) is 9.97 Å². The van der Waals surface area contributed by atoms with E-state index in [1.54, 1.807) is 12.4 Å². The minimum Gasteiger partial charge on any atom is -0.324 e. The molecule has 2 aromatic carbocycles. The monoisotopic (exact) mass is 285 g/mol. The van der Waals surface area contributed by atoms with E-state index in [1.807, 2.05) is 18.2 Å². The first-order valence-electron chi connectivity index (χ1n) is 6.53. The number of aromatic nitrogens is 2. The van der Waals surface area contributed by atoms with E-state index in [9.17, 15) is 8.78 Å². The van der Waals surface area contributed by atoms with Crippen LogP contribution < -0.4 is 5.73 Å². The first-order chi connectivity index (χ1) is 10.1. The number of nitrogens with two attached hydrogens (primary N) is 1. The Morgan fingerprint density at radius 2 is 1.71 bits per heavy atom. The van der Waals surface area contributed by atoms with Gasteiger partial charge in [-0.3, -0.25) is 9.97 Å². The zero-order valence-electron chi connectivity index (χ0n) is 11.1. The summed E-state index contributed by atoms with van der Waals surface area (Å²) in [6.45, 7) is 0. The summed E-state index contributed by atoms with van der Waals surface area (Å²) in [5, 5.41) is 0. The summed E-state index contributed by atoms with van der Waals surface area (Å²) >= 11 is 0. The molecular formula is C16H13F2N3. The molecule has 3 aromatic rings. The molecule has 0 spiro atoms. The Bertz CT molecular complexity index is 789. The highest BCUT2D eigenvalue weighted by Crippen LogP contribution is 2.21. The van der Waals surface area contributed by atoms with E-state index in [0.29, 0.717) is 5.56 Å². The molecule has 3 nitrogen and oxygen atoms in total. The van der Waals surface area contributed by atoms with E-state index in [2.05, 4.69) is 9.97 Å². The molecule has 1 atom stereocenters. The second kappa shape index (κ2) is 5.54. The Labute approximate surface area is 120 Å². The number of halogens is 2. The van der Waals surface area contributed by atoms with Crippen LogP contribution >= 0.6 is 0 Å². The molecule has 1 unspecified atom stereocenters. The van der Waals surface area contributed by atoms with Crippen LogP contribution in [0.2, 0.25) is 0 Å². The third-order valence-electron chi connectivity index (χ3n) is 3.38. The van der Waals surface area contributed by atoms with Crippen LogP contribution in [0.15, 0.2) is 48.8 Å². The predicted octanol–water partition coefficient (Wildman–Crippen LogP) is 3.15. The van der Waals surface area contributed by atoms with E-state index in [1.165, 1.54) is 12.1 Å². The average Bonchev–Trinajstić information content (AvgIpc) is 2.49. The summed E-state index contributed by atoms with van der Waals surface area (Å²) in [5.74, 6) is -1.17. The lowest BCUT2D eigenvalue weighted by Gasteiger charge is -2.13. The molecule has 0 amide bonds. The van der Waals surface area contributed by atoms with E-state index >= 15 is 0 Å². The van der Waals surface area contributed by atoms with Crippen molar-refractivity contribution in [1.29, 1.82) is 0 Å². The van der Waals surface area contributed by atoms with Crippen LogP contribution in [-0.2, 0) is 6.42 Å². The lowest BCUT2D eigenvalue weighted by atomic mass is 9.99.